The Morgan fingerprint density at radius 3 is 2.47 bits per heavy atom. The number of hydrogen-bond donors (Lipinski definition) is 1. The van der Waals surface area contributed by atoms with Gasteiger partial charge in [-0.3, -0.25) is 9.59 Å². The highest BCUT2D eigenvalue weighted by Gasteiger charge is 2.21. The Balaban J connectivity index is 3.15. The van der Waals surface area contributed by atoms with E-state index < -0.39 is 5.97 Å². The summed E-state index contributed by atoms with van der Waals surface area (Å²) in [6, 6.07) is 3.74. The summed E-state index contributed by atoms with van der Waals surface area (Å²) >= 11 is 6.40. The maximum Gasteiger partial charge on any atom is 0.323 e. The highest BCUT2D eigenvalue weighted by molar-refractivity contribution is 14.1. The average molecular weight is 597 g/mol. The zero-order valence-electron chi connectivity index (χ0n) is 9.70. The zero-order valence-corrected chi connectivity index (χ0v) is 16.2. The molecule has 19 heavy (non-hydrogen) atoms. The van der Waals surface area contributed by atoms with E-state index in [0.29, 0.717) is 5.56 Å². The first-order valence-electron chi connectivity index (χ1n) is 5.13. The third-order valence-corrected chi connectivity index (χ3v) is 5.85. The van der Waals surface area contributed by atoms with Crippen molar-refractivity contribution < 1.29 is 14.7 Å². The highest BCUT2D eigenvalue weighted by atomic mass is 127. The number of benzene rings is 1. The summed E-state index contributed by atoms with van der Waals surface area (Å²) in [6.07, 6.45) is 1.52. The number of nitrogens with zero attached hydrogens (tertiary/aromatic N) is 1. The summed E-state index contributed by atoms with van der Waals surface area (Å²) in [7, 11) is 0. The Morgan fingerprint density at radius 1 is 1.32 bits per heavy atom. The van der Waals surface area contributed by atoms with E-state index in [1.807, 2.05) is 6.07 Å². The molecule has 0 aromatic heterocycles. The van der Waals surface area contributed by atoms with E-state index in [4.69, 9.17) is 5.11 Å². The minimum Gasteiger partial charge on any atom is -0.480 e. The lowest BCUT2D eigenvalue weighted by atomic mass is 10.2. The molecule has 0 saturated heterocycles. The molecule has 0 heterocycles. The predicted molar refractivity (Wildman–Crippen MR) is 98.3 cm³/mol. The molecule has 1 amide bonds. The van der Waals surface area contributed by atoms with Crippen LogP contribution in [0.1, 0.15) is 10.4 Å². The second kappa shape index (κ2) is 7.76. The topological polar surface area (TPSA) is 57.6 Å². The molecule has 1 rings (SSSR count). The van der Waals surface area contributed by atoms with Gasteiger partial charge in [0.2, 0.25) is 0 Å². The molecule has 0 aliphatic rings. The molecule has 0 unspecified atom stereocenters. The number of hydrogen-bond acceptors (Lipinski definition) is 2. The average Bonchev–Trinajstić information content (AvgIpc) is 2.32. The second-order valence-electron chi connectivity index (χ2n) is 3.62. The molecule has 0 aliphatic heterocycles. The Bertz CT molecular complexity index is 531. The quantitative estimate of drug-likeness (QED) is 0.323. The van der Waals surface area contributed by atoms with E-state index in [2.05, 4.69) is 74.4 Å². The van der Waals surface area contributed by atoms with Crippen molar-refractivity contribution >= 4 is 79.6 Å². The van der Waals surface area contributed by atoms with Crippen molar-refractivity contribution in [1.29, 1.82) is 0 Å². The minimum atomic E-state index is -1.04. The van der Waals surface area contributed by atoms with E-state index >= 15 is 0 Å². The van der Waals surface area contributed by atoms with Gasteiger partial charge in [-0.05, 0) is 79.9 Å². The van der Waals surface area contributed by atoms with Crippen molar-refractivity contribution in [3.8, 4) is 0 Å². The molecule has 0 atom stereocenters. The smallest absolute Gasteiger partial charge is 0.323 e. The molecular weight excluding hydrogens is 587 g/mol. The van der Waals surface area contributed by atoms with E-state index in [0.717, 1.165) is 10.7 Å². The van der Waals surface area contributed by atoms with Crippen LogP contribution in [0.3, 0.4) is 0 Å². The van der Waals surface area contributed by atoms with Crippen LogP contribution in [-0.2, 0) is 4.79 Å². The van der Waals surface area contributed by atoms with Crippen LogP contribution in [0, 0.1) is 10.7 Å². The fourth-order valence-corrected chi connectivity index (χ4v) is 3.81. The van der Waals surface area contributed by atoms with Crippen molar-refractivity contribution in [2.75, 3.05) is 13.1 Å². The SMILES string of the molecule is C=CCN(CC(=O)O)C(=O)c1cc(I)cc(I)c1I. The summed E-state index contributed by atoms with van der Waals surface area (Å²) < 4.78 is 2.75. The van der Waals surface area contributed by atoms with Crippen molar-refractivity contribution in [2.24, 2.45) is 0 Å². The second-order valence-corrected chi connectivity index (χ2v) is 7.10. The number of rotatable bonds is 5. The molecule has 1 aromatic rings. The molecule has 0 bridgehead atoms. The third kappa shape index (κ3) is 4.85. The lowest BCUT2D eigenvalue weighted by molar-refractivity contribution is -0.137. The molecule has 102 valence electrons. The monoisotopic (exact) mass is 597 g/mol. The summed E-state index contributed by atoms with van der Waals surface area (Å²) in [6.45, 7) is 3.43. The van der Waals surface area contributed by atoms with Gasteiger partial charge in [0.1, 0.15) is 6.54 Å². The number of carboxylic acid groups (broad SMARTS) is 1. The van der Waals surface area contributed by atoms with E-state index in [9.17, 15) is 9.59 Å². The summed E-state index contributed by atoms with van der Waals surface area (Å²) in [5.74, 6) is -1.33. The first-order chi connectivity index (χ1) is 8.86. The highest BCUT2D eigenvalue weighted by Crippen LogP contribution is 2.24. The van der Waals surface area contributed by atoms with Crippen molar-refractivity contribution in [3.63, 3.8) is 0 Å². The Kier molecular flexibility index (Phi) is 7.00. The number of carboxylic acids is 1. The first kappa shape index (κ1) is 17.1. The Hall–Kier alpha value is 0.0900. The number of carbonyl (C=O) groups excluding carboxylic acids is 1. The maximum atomic E-state index is 12.4. The molecule has 1 aromatic carbocycles. The molecule has 4 nitrogen and oxygen atoms in total. The maximum absolute atomic E-state index is 12.4. The van der Waals surface area contributed by atoms with Gasteiger partial charge < -0.3 is 10.0 Å². The van der Waals surface area contributed by atoms with Crippen LogP contribution < -0.4 is 0 Å². The largest absolute Gasteiger partial charge is 0.480 e. The van der Waals surface area contributed by atoms with Crippen molar-refractivity contribution in [2.45, 2.75) is 0 Å². The number of carbonyl (C=O) groups is 2. The third-order valence-electron chi connectivity index (χ3n) is 2.19. The van der Waals surface area contributed by atoms with Gasteiger partial charge in [-0.1, -0.05) is 6.08 Å². The van der Waals surface area contributed by atoms with Gasteiger partial charge in [0, 0.05) is 17.3 Å². The van der Waals surface area contributed by atoms with Crippen LogP contribution in [-0.4, -0.2) is 35.0 Å². The Labute approximate surface area is 152 Å². The van der Waals surface area contributed by atoms with E-state index in [1.54, 1.807) is 6.07 Å². The van der Waals surface area contributed by atoms with Gasteiger partial charge in [-0.25, -0.2) is 0 Å². The lowest BCUT2D eigenvalue weighted by Gasteiger charge is -2.20. The molecule has 0 radical (unpaired) electrons. The van der Waals surface area contributed by atoms with Gasteiger partial charge in [0.15, 0.2) is 0 Å². The minimum absolute atomic E-state index is 0.212. The molecule has 1 N–H and O–H groups in total. The first-order valence-corrected chi connectivity index (χ1v) is 8.37. The van der Waals surface area contributed by atoms with Gasteiger partial charge in [-0.15, -0.1) is 6.58 Å². The zero-order chi connectivity index (χ0) is 14.6. The van der Waals surface area contributed by atoms with Crippen LogP contribution in [0.5, 0.6) is 0 Å². The molecule has 0 saturated carbocycles. The fraction of sp³-hybridized carbons (Fsp3) is 0.167. The van der Waals surface area contributed by atoms with Crippen LogP contribution >= 0.6 is 67.8 Å². The number of aliphatic carboxylic acids is 1. The van der Waals surface area contributed by atoms with Crippen molar-refractivity contribution in [1.82, 2.24) is 4.90 Å². The Morgan fingerprint density at radius 2 is 1.95 bits per heavy atom. The molecular formula is C12H10I3NO3. The van der Waals surface area contributed by atoms with E-state index in [-0.39, 0.29) is 19.0 Å². The summed E-state index contributed by atoms with van der Waals surface area (Å²) in [4.78, 5) is 24.5. The number of amides is 1. The molecule has 0 aliphatic carbocycles. The summed E-state index contributed by atoms with van der Waals surface area (Å²) in [5, 5.41) is 8.85. The van der Waals surface area contributed by atoms with E-state index in [1.165, 1.54) is 11.0 Å². The molecule has 0 fully saturated rings. The number of halogens is 3. The lowest BCUT2D eigenvalue weighted by Crippen LogP contribution is -2.36. The van der Waals surface area contributed by atoms with Gasteiger partial charge in [0.05, 0.1) is 5.56 Å². The van der Waals surface area contributed by atoms with Gasteiger partial charge in [-0.2, -0.15) is 0 Å². The van der Waals surface area contributed by atoms with Crippen molar-refractivity contribution in [3.05, 3.63) is 41.1 Å². The normalized spacial score (nSPS) is 10.1. The molecule has 7 heteroatoms. The standard InChI is InChI=1S/C12H10I3NO3/c1-2-3-16(6-10(17)18)12(19)8-4-7(13)5-9(14)11(8)15/h2,4-5H,1,3,6H2,(H,17,18). The van der Waals surface area contributed by atoms with Crippen LogP contribution in [0.15, 0.2) is 24.8 Å². The van der Waals surface area contributed by atoms with Crippen LogP contribution in [0.2, 0.25) is 0 Å². The van der Waals surface area contributed by atoms with Crippen LogP contribution in [0.25, 0.3) is 0 Å². The van der Waals surface area contributed by atoms with Gasteiger partial charge >= 0.3 is 5.97 Å². The summed E-state index contributed by atoms with van der Waals surface area (Å²) in [5.41, 5.74) is 0.528. The predicted octanol–water partition coefficient (Wildman–Crippen LogP) is 3.21. The van der Waals surface area contributed by atoms with Gasteiger partial charge in [0.25, 0.3) is 5.91 Å². The molecule has 0 spiro atoms. The fourth-order valence-electron chi connectivity index (χ4n) is 1.42. The van der Waals surface area contributed by atoms with Crippen LogP contribution in [0.4, 0.5) is 0 Å².